The minimum absolute atomic E-state index is 0.0912. The highest BCUT2D eigenvalue weighted by Gasteiger charge is 2.23. The van der Waals surface area contributed by atoms with E-state index in [-0.39, 0.29) is 11.9 Å². The molecule has 94 valence electrons. The van der Waals surface area contributed by atoms with Crippen LogP contribution in [-0.2, 0) is 4.74 Å². The minimum atomic E-state index is -0.0912. The number of aromatic nitrogens is 1. The van der Waals surface area contributed by atoms with Crippen LogP contribution >= 0.6 is 0 Å². The summed E-state index contributed by atoms with van der Waals surface area (Å²) in [4.78, 5) is 17.9. The van der Waals surface area contributed by atoms with Crippen molar-refractivity contribution in [2.45, 2.75) is 18.9 Å². The summed E-state index contributed by atoms with van der Waals surface area (Å²) in [7, 11) is 1.79. The van der Waals surface area contributed by atoms with Gasteiger partial charge >= 0.3 is 0 Å². The fraction of sp³-hybridized carbons (Fsp3) is 0.462. The number of carbonyl (C=O) groups is 1. The Bertz CT molecular complexity index is 475. The molecule has 1 aromatic rings. The molecule has 0 radical (unpaired) electrons. The second-order valence-corrected chi connectivity index (χ2v) is 4.33. The molecule has 2 rings (SSSR count). The zero-order valence-corrected chi connectivity index (χ0v) is 10.3. The van der Waals surface area contributed by atoms with Crippen molar-refractivity contribution in [3.8, 4) is 6.07 Å². The van der Waals surface area contributed by atoms with Gasteiger partial charge in [0, 0.05) is 38.7 Å². The third-order valence-corrected chi connectivity index (χ3v) is 3.17. The number of hydrogen-bond acceptors (Lipinski definition) is 4. The Morgan fingerprint density at radius 2 is 2.22 bits per heavy atom. The van der Waals surface area contributed by atoms with Crippen molar-refractivity contribution in [2.75, 3.05) is 20.3 Å². The Morgan fingerprint density at radius 1 is 1.50 bits per heavy atom. The summed E-state index contributed by atoms with van der Waals surface area (Å²) >= 11 is 0. The molecular weight excluding hydrogens is 230 g/mol. The number of rotatable bonds is 2. The topological polar surface area (TPSA) is 66.2 Å². The van der Waals surface area contributed by atoms with Crippen molar-refractivity contribution in [1.82, 2.24) is 9.88 Å². The van der Waals surface area contributed by atoms with E-state index in [1.165, 1.54) is 12.4 Å². The van der Waals surface area contributed by atoms with Crippen LogP contribution in [0, 0.1) is 11.3 Å². The molecule has 0 N–H and O–H groups in total. The molecule has 0 unspecified atom stereocenters. The van der Waals surface area contributed by atoms with Gasteiger partial charge < -0.3 is 9.64 Å². The van der Waals surface area contributed by atoms with Crippen LogP contribution in [0.25, 0.3) is 0 Å². The maximum Gasteiger partial charge on any atom is 0.255 e. The monoisotopic (exact) mass is 245 g/mol. The first kappa shape index (κ1) is 12.5. The molecule has 5 heteroatoms. The smallest absolute Gasteiger partial charge is 0.255 e. The molecule has 1 aliphatic rings. The Hall–Kier alpha value is -1.93. The molecule has 1 aromatic heterocycles. The predicted molar refractivity (Wildman–Crippen MR) is 64.9 cm³/mol. The second kappa shape index (κ2) is 5.61. The van der Waals surface area contributed by atoms with Crippen LogP contribution < -0.4 is 0 Å². The maximum atomic E-state index is 12.2. The lowest BCUT2D eigenvalue weighted by atomic mass is 10.1. The Kier molecular flexibility index (Phi) is 3.90. The van der Waals surface area contributed by atoms with Crippen LogP contribution in [0.1, 0.15) is 28.8 Å². The highest BCUT2D eigenvalue weighted by molar-refractivity contribution is 5.94. The van der Waals surface area contributed by atoms with Crippen LogP contribution in [0.3, 0.4) is 0 Å². The lowest BCUT2D eigenvalue weighted by molar-refractivity contribution is 0.0362. The summed E-state index contributed by atoms with van der Waals surface area (Å²) in [5, 5.41) is 8.80. The van der Waals surface area contributed by atoms with Crippen molar-refractivity contribution in [3.05, 3.63) is 29.6 Å². The van der Waals surface area contributed by atoms with Crippen LogP contribution in [0.15, 0.2) is 18.5 Å². The van der Waals surface area contributed by atoms with E-state index >= 15 is 0 Å². The van der Waals surface area contributed by atoms with Gasteiger partial charge in [0.2, 0.25) is 0 Å². The molecule has 0 bridgehead atoms. The molecule has 1 aliphatic heterocycles. The van der Waals surface area contributed by atoms with E-state index in [4.69, 9.17) is 10.00 Å². The SMILES string of the molecule is CN(C(=O)c1cncc(C#N)c1)C1CCOCC1. The zero-order valence-electron chi connectivity index (χ0n) is 10.3. The molecule has 0 saturated carbocycles. The van der Waals surface area contributed by atoms with Crippen molar-refractivity contribution in [3.63, 3.8) is 0 Å². The van der Waals surface area contributed by atoms with E-state index in [0.717, 1.165) is 12.8 Å². The van der Waals surface area contributed by atoms with Gasteiger partial charge in [-0.3, -0.25) is 9.78 Å². The molecular formula is C13H15N3O2. The predicted octanol–water partition coefficient (Wildman–Crippen LogP) is 1.20. The average Bonchev–Trinajstić information content (AvgIpc) is 2.46. The molecule has 0 aliphatic carbocycles. The maximum absolute atomic E-state index is 12.2. The fourth-order valence-electron chi connectivity index (χ4n) is 2.06. The number of nitriles is 1. The van der Waals surface area contributed by atoms with Crippen LogP contribution in [0.2, 0.25) is 0 Å². The van der Waals surface area contributed by atoms with Gasteiger partial charge in [0.25, 0.3) is 5.91 Å². The van der Waals surface area contributed by atoms with E-state index in [9.17, 15) is 4.79 Å². The molecule has 1 fully saturated rings. The van der Waals surface area contributed by atoms with E-state index in [1.54, 1.807) is 18.0 Å². The van der Waals surface area contributed by atoms with E-state index in [1.807, 2.05) is 6.07 Å². The van der Waals surface area contributed by atoms with E-state index in [2.05, 4.69) is 4.98 Å². The van der Waals surface area contributed by atoms with Gasteiger partial charge in [-0.1, -0.05) is 0 Å². The van der Waals surface area contributed by atoms with Crippen LogP contribution in [-0.4, -0.2) is 42.1 Å². The molecule has 1 saturated heterocycles. The molecule has 5 nitrogen and oxygen atoms in total. The Balaban J connectivity index is 2.12. The lowest BCUT2D eigenvalue weighted by Crippen LogP contribution is -2.40. The summed E-state index contributed by atoms with van der Waals surface area (Å²) in [5.74, 6) is -0.0912. The molecule has 2 heterocycles. The largest absolute Gasteiger partial charge is 0.381 e. The van der Waals surface area contributed by atoms with Crippen molar-refractivity contribution in [1.29, 1.82) is 5.26 Å². The summed E-state index contributed by atoms with van der Waals surface area (Å²) in [6, 6.07) is 3.77. The first-order chi connectivity index (χ1) is 8.72. The van der Waals surface area contributed by atoms with Gasteiger partial charge in [-0.2, -0.15) is 5.26 Å². The van der Waals surface area contributed by atoms with E-state index < -0.39 is 0 Å². The Labute approximate surface area is 106 Å². The molecule has 0 spiro atoms. The fourth-order valence-corrected chi connectivity index (χ4v) is 2.06. The van der Waals surface area contributed by atoms with Crippen molar-refractivity contribution in [2.24, 2.45) is 0 Å². The van der Waals surface area contributed by atoms with Gasteiger partial charge in [0.15, 0.2) is 0 Å². The molecule has 0 atom stereocenters. The highest BCUT2D eigenvalue weighted by atomic mass is 16.5. The summed E-state index contributed by atoms with van der Waals surface area (Å²) in [6.07, 6.45) is 4.66. The van der Waals surface area contributed by atoms with Crippen molar-refractivity contribution >= 4 is 5.91 Å². The van der Waals surface area contributed by atoms with Gasteiger partial charge in [-0.25, -0.2) is 0 Å². The summed E-state index contributed by atoms with van der Waals surface area (Å²) in [6.45, 7) is 1.39. The van der Waals surface area contributed by atoms with Crippen molar-refractivity contribution < 1.29 is 9.53 Å². The van der Waals surface area contributed by atoms with E-state index in [0.29, 0.717) is 24.3 Å². The van der Waals surface area contributed by atoms with Gasteiger partial charge in [0.05, 0.1) is 11.1 Å². The number of hydrogen-bond donors (Lipinski definition) is 0. The zero-order chi connectivity index (χ0) is 13.0. The second-order valence-electron chi connectivity index (χ2n) is 4.33. The third-order valence-electron chi connectivity index (χ3n) is 3.17. The number of pyridine rings is 1. The van der Waals surface area contributed by atoms with Gasteiger partial charge in [-0.05, 0) is 18.9 Å². The molecule has 1 amide bonds. The first-order valence-electron chi connectivity index (χ1n) is 5.92. The van der Waals surface area contributed by atoms with Gasteiger partial charge in [0.1, 0.15) is 6.07 Å². The number of nitrogens with zero attached hydrogens (tertiary/aromatic N) is 3. The Morgan fingerprint density at radius 3 is 2.89 bits per heavy atom. The molecule has 18 heavy (non-hydrogen) atoms. The molecule has 0 aromatic carbocycles. The lowest BCUT2D eigenvalue weighted by Gasteiger charge is -2.31. The van der Waals surface area contributed by atoms with Gasteiger partial charge in [-0.15, -0.1) is 0 Å². The number of ether oxygens (including phenoxy) is 1. The summed E-state index contributed by atoms with van der Waals surface area (Å²) < 4.78 is 5.28. The normalized spacial score (nSPS) is 16.0. The van der Waals surface area contributed by atoms with Crippen LogP contribution in [0.5, 0.6) is 0 Å². The van der Waals surface area contributed by atoms with Crippen LogP contribution in [0.4, 0.5) is 0 Å². The highest BCUT2D eigenvalue weighted by Crippen LogP contribution is 2.15. The minimum Gasteiger partial charge on any atom is -0.381 e. The third kappa shape index (κ3) is 2.66. The standard InChI is InChI=1S/C13H15N3O2/c1-16(12-2-4-18-5-3-12)13(17)11-6-10(7-14)8-15-9-11/h6,8-9,12H,2-5H2,1H3. The average molecular weight is 245 g/mol. The number of carbonyl (C=O) groups excluding carboxylic acids is 1. The summed E-state index contributed by atoms with van der Waals surface area (Å²) in [5.41, 5.74) is 0.865. The quantitative estimate of drug-likeness (QED) is 0.785. The number of amides is 1. The first-order valence-corrected chi connectivity index (χ1v) is 5.92.